The number of amides is 2. The van der Waals surface area contributed by atoms with Crippen LogP contribution in [0.1, 0.15) is 47.5 Å². The van der Waals surface area contributed by atoms with Crippen LogP contribution in [0.5, 0.6) is 0 Å². The number of nitrogens with zero attached hydrogens (tertiary/aromatic N) is 1. The highest BCUT2D eigenvalue weighted by atomic mass is 28.3. The van der Waals surface area contributed by atoms with E-state index in [4.69, 9.17) is 9.47 Å². The molecule has 6 nitrogen and oxygen atoms in total. The summed E-state index contributed by atoms with van der Waals surface area (Å²) in [5.41, 5.74) is 0.0516. The summed E-state index contributed by atoms with van der Waals surface area (Å²) < 4.78 is 10.6. The molecule has 26 heavy (non-hydrogen) atoms. The maximum atomic E-state index is 12.4. The highest BCUT2D eigenvalue weighted by molar-refractivity contribution is 6.77. The first-order chi connectivity index (χ1) is 11.6. The highest BCUT2D eigenvalue weighted by Gasteiger charge is 2.28. The van der Waals surface area contributed by atoms with Crippen molar-refractivity contribution >= 4 is 20.3 Å². The maximum Gasteiger partial charge on any atom is 0.412 e. The second-order valence-electron chi connectivity index (χ2n) is 9.30. The zero-order valence-corrected chi connectivity index (χ0v) is 19.1. The number of hydrogen-bond acceptors (Lipinski definition) is 4. The number of carbonyl (C=O) groups is 2. The number of hydrogen-bond donors (Lipinski definition) is 1. The molecule has 0 heterocycles. The summed E-state index contributed by atoms with van der Waals surface area (Å²) in [5, 5.41) is 2.83. The maximum absolute atomic E-state index is 12.4. The van der Waals surface area contributed by atoms with Gasteiger partial charge < -0.3 is 19.7 Å². The van der Waals surface area contributed by atoms with Gasteiger partial charge in [0.15, 0.2) is 0 Å². The minimum absolute atomic E-state index is 0.0770. The number of rotatable bonds is 8. The van der Waals surface area contributed by atoms with Crippen molar-refractivity contribution < 1.29 is 19.1 Å². The molecule has 152 valence electrons. The molecule has 0 spiro atoms. The SMILES string of the molecule is C=C(C)OC(=O)NC(CCC(C)(C)C)CN(C)C(=O)OC(C)[Si](C)(C)C. The van der Waals surface area contributed by atoms with Gasteiger partial charge in [-0.1, -0.05) is 47.0 Å². The average Bonchev–Trinajstić information content (AvgIpc) is 2.41. The van der Waals surface area contributed by atoms with Gasteiger partial charge in [0.1, 0.15) is 0 Å². The molecule has 0 aliphatic carbocycles. The fourth-order valence-corrected chi connectivity index (χ4v) is 2.45. The standard InChI is InChI=1S/C19H38N2O4Si/c1-14(2)24-17(22)20-16(11-12-19(4,5)6)13-21(7)18(23)25-15(3)26(8,9)10/h15-16H,1,11-13H2,2-10H3,(H,20,22). The summed E-state index contributed by atoms with van der Waals surface area (Å²) in [5.74, 6) is 0.328. The van der Waals surface area contributed by atoms with Crippen molar-refractivity contribution in [3.8, 4) is 0 Å². The van der Waals surface area contributed by atoms with Crippen molar-refractivity contribution in [2.24, 2.45) is 5.41 Å². The molecular weight excluding hydrogens is 348 g/mol. The Bertz CT molecular complexity index is 495. The number of allylic oxidation sites excluding steroid dienone is 1. The Hall–Kier alpha value is -1.50. The summed E-state index contributed by atoms with van der Waals surface area (Å²) in [6.45, 7) is 20.4. The van der Waals surface area contributed by atoms with E-state index in [1.165, 1.54) is 4.90 Å². The normalized spacial score (nSPS) is 14.2. The van der Waals surface area contributed by atoms with Crippen LogP contribution in [0, 0.1) is 5.41 Å². The van der Waals surface area contributed by atoms with Gasteiger partial charge in [0.25, 0.3) is 0 Å². The van der Waals surface area contributed by atoms with E-state index in [0.29, 0.717) is 12.3 Å². The van der Waals surface area contributed by atoms with E-state index in [1.54, 1.807) is 14.0 Å². The molecule has 0 aromatic heterocycles. The second-order valence-corrected chi connectivity index (χ2v) is 14.8. The molecule has 0 radical (unpaired) electrons. The van der Waals surface area contributed by atoms with E-state index in [2.05, 4.69) is 52.3 Å². The first kappa shape index (κ1) is 24.5. The van der Waals surface area contributed by atoms with Gasteiger partial charge in [-0.05, 0) is 32.1 Å². The van der Waals surface area contributed by atoms with Gasteiger partial charge in [-0.2, -0.15) is 0 Å². The summed E-state index contributed by atoms with van der Waals surface area (Å²) in [4.78, 5) is 25.8. The topological polar surface area (TPSA) is 67.9 Å². The summed E-state index contributed by atoms with van der Waals surface area (Å²) in [6.07, 6.45) is 0.722. The second kappa shape index (κ2) is 9.99. The third-order valence-electron chi connectivity index (χ3n) is 4.13. The Labute approximate surface area is 160 Å². The van der Waals surface area contributed by atoms with Crippen LogP contribution < -0.4 is 5.32 Å². The molecule has 0 fully saturated rings. The van der Waals surface area contributed by atoms with E-state index in [1.807, 2.05) is 6.92 Å². The number of alkyl carbamates (subject to hydrolysis) is 1. The third-order valence-corrected chi connectivity index (χ3v) is 6.69. The lowest BCUT2D eigenvalue weighted by Crippen LogP contribution is -2.47. The fourth-order valence-electron chi connectivity index (χ4n) is 1.99. The molecule has 2 unspecified atom stereocenters. The molecule has 1 N–H and O–H groups in total. The molecule has 0 aliphatic heterocycles. The third kappa shape index (κ3) is 11.2. The predicted octanol–water partition coefficient (Wildman–Crippen LogP) is 4.78. The van der Waals surface area contributed by atoms with Crippen molar-refractivity contribution in [3.63, 3.8) is 0 Å². The number of ether oxygens (including phenoxy) is 2. The Morgan fingerprint density at radius 1 is 1.23 bits per heavy atom. The minimum atomic E-state index is -1.56. The Kier molecular flexibility index (Phi) is 9.42. The Morgan fingerprint density at radius 2 is 1.77 bits per heavy atom. The average molecular weight is 387 g/mol. The molecule has 0 rings (SSSR count). The highest BCUT2D eigenvalue weighted by Crippen LogP contribution is 2.22. The van der Waals surface area contributed by atoms with Gasteiger partial charge in [-0.3, -0.25) is 0 Å². The monoisotopic (exact) mass is 386 g/mol. The van der Waals surface area contributed by atoms with Crippen molar-refractivity contribution in [2.45, 2.75) is 78.9 Å². The molecule has 0 aliphatic rings. The number of carbonyl (C=O) groups excluding carboxylic acids is 2. The van der Waals surface area contributed by atoms with Crippen LogP contribution in [-0.2, 0) is 9.47 Å². The zero-order chi connectivity index (χ0) is 20.7. The van der Waals surface area contributed by atoms with Crippen molar-refractivity contribution in [1.29, 1.82) is 0 Å². The molecule has 0 aromatic carbocycles. The van der Waals surface area contributed by atoms with Crippen LogP contribution in [0.25, 0.3) is 0 Å². The lowest BCUT2D eigenvalue weighted by Gasteiger charge is -2.30. The molecule has 2 amide bonds. The van der Waals surface area contributed by atoms with Gasteiger partial charge in [0, 0.05) is 19.6 Å². The summed E-state index contributed by atoms with van der Waals surface area (Å²) >= 11 is 0. The van der Waals surface area contributed by atoms with Crippen LogP contribution in [0.15, 0.2) is 12.3 Å². The van der Waals surface area contributed by atoms with Crippen LogP contribution in [0.4, 0.5) is 9.59 Å². The molecule has 7 heteroatoms. The number of likely N-dealkylation sites (N-methyl/N-ethyl adjacent to an activating group) is 1. The molecule has 0 saturated carbocycles. The Morgan fingerprint density at radius 3 is 2.19 bits per heavy atom. The quantitative estimate of drug-likeness (QED) is 0.482. The van der Waals surface area contributed by atoms with Crippen molar-refractivity contribution in [2.75, 3.05) is 13.6 Å². The van der Waals surface area contributed by atoms with Crippen LogP contribution in [0.3, 0.4) is 0 Å². The van der Waals surface area contributed by atoms with Crippen LogP contribution in [0.2, 0.25) is 19.6 Å². The van der Waals surface area contributed by atoms with E-state index < -0.39 is 14.2 Å². The molecule has 0 saturated heterocycles. The number of nitrogens with one attached hydrogen (secondary N) is 1. The first-order valence-electron chi connectivity index (χ1n) is 9.17. The Balaban J connectivity index is 4.88. The van der Waals surface area contributed by atoms with Crippen molar-refractivity contribution in [1.82, 2.24) is 10.2 Å². The zero-order valence-electron chi connectivity index (χ0n) is 18.1. The van der Waals surface area contributed by atoms with Crippen LogP contribution in [-0.4, -0.2) is 50.5 Å². The largest absolute Gasteiger partial charge is 0.450 e. The van der Waals surface area contributed by atoms with Crippen molar-refractivity contribution in [3.05, 3.63) is 12.3 Å². The smallest absolute Gasteiger partial charge is 0.412 e. The van der Waals surface area contributed by atoms with Gasteiger partial charge in [-0.15, -0.1) is 0 Å². The van der Waals surface area contributed by atoms with Crippen LogP contribution >= 0.6 is 0 Å². The first-order valence-corrected chi connectivity index (χ1v) is 12.7. The van der Waals surface area contributed by atoms with E-state index >= 15 is 0 Å². The van der Waals surface area contributed by atoms with E-state index in [-0.39, 0.29) is 23.3 Å². The molecule has 0 aromatic rings. The molecular formula is C19H38N2O4Si. The summed E-state index contributed by atoms with van der Waals surface area (Å²) in [6, 6.07) is -0.221. The molecule has 0 bridgehead atoms. The van der Waals surface area contributed by atoms with E-state index in [0.717, 1.165) is 12.8 Å². The van der Waals surface area contributed by atoms with Gasteiger partial charge >= 0.3 is 12.2 Å². The molecule has 2 atom stereocenters. The predicted molar refractivity (Wildman–Crippen MR) is 109 cm³/mol. The lowest BCUT2D eigenvalue weighted by atomic mass is 9.88. The fraction of sp³-hybridized carbons (Fsp3) is 0.789. The summed E-state index contributed by atoms with van der Waals surface area (Å²) in [7, 11) is 0.127. The van der Waals surface area contributed by atoms with Gasteiger partial charge in [0.05, 0.1) is 19.6 Å². The lowest BCUT2D eigenvalue weighted by molar-refractivity contribution is 0.0954. The van der Waals surface area contributed by atoms with Gasteiger partial charge in [-0.25, -0.2) is 9.59 Å². The van der Waals surface area contributed by atoms with Gasteiger partial charge in [0.2, 0.25) is 0 Å². The van der Waals surface area contributed by atoms with E-state index in [9.17, 15) is 9.59 Å². The minimum Gasteiger partial charge on any atom is -0.450 e.